The molecule has 130 valence electrons. The van der Waals surface area contributed by atoms with Crippen molar-refractivity contribution in [2.45, 2.75) is 63.3 Å². The molecule has 1 fully saturated rings. The van der Waals surface area contributed by atoms with Crippen molar-refractivity contribution in [2.24, 2.45) is 11.7 Å². The van der Waals surface area contributed by atoms with Crippen LogP contribution in [0.4, 0.5) is 13.6 Å². The van der Waals surface area contributed by atoms with Gasteiger partial charge in [-0.05, 0) is 31.2 Å². The standard InChI is InChI=1S/C15H30F2N2O2Si/c1-19(15(20)21-5-6-22(2,3)4)10-12(18)7-11-8-13(16)14(17)9-11/h11-14H,5-10,18H2,1-4H3/t11?,12-,13-,14+/m0/s1. The minimum absolute atomic E-state index is 0.0312. The summed E-state index contributed by atoms with van der Waals surface area (Å²) in [4.78, 5) is 13.3. The van der Waals surface area contributed by atoms with Gasteiger partial charge in [-0.1, -0.05) is 19.6 Å². The van der Waals surface area contributed by atoms with Gasteiger partial charge in [-0.3, -0.25) is 0 Å². The molecule has 0 aromatic rings. The number of nitrogens with zero attached hydrogens (tertiary/aromatic N) is 1. The van der Waals surface area contributed by atoms with Gasteiger partial charge in [0.15, 0.2) is 0 Å². The van der Waals surface area contributed by atoms with Crippen molar-refractivity contribution in [2.75, 3.05) is 20.2 Å². The summed E-state index contributed by atoms with van der Waals surface area (Å²) in [5.41, 5.74) is 5.99. The molecule has 1 rings (SSSR count). The fourth-order valence-corrected chi connectivity index (χ4v) is 3.42. The van der Waals surface area contributed by atoms with Crippen LogP contribution >= 0.6 is 0 Å². The van der Waals surface area contributed by atoms with Gasteiger partial charge in [0.2, 0.25) is 0 Å². The van der Waals surface area contributed by atoms with Crippen LogP contribution in [0.5, 0.6) is 0 Å². The summed E-state index contributed by atoms with van der Waals surface area (Å²) in [7, 11) is 0.420. The Kier molecular flexibility index (Phi) is 7.25. The molecule has 4 atom stereocenters. The Hall–Kier alpha value is -0.693. The highest BCUT2D eigenvalue weighted by molar-refractivity contribution is 6.76. The summed E-state index contributed by atoms with van der Waals surface area (Å²) >= 11 is 0. The molecule has 0 saturated heterocycles. The van der Waals surface area contributed by atoms with E-state index in [4.69, 9.17) is 10.5 Å². The first-order valence-corrected chi connectivity index (χ1v) is 11.7. The van der Waals surface area contributed by atoms with Crippen LogP contribution in [-0.4, -0.2) is 57.7 Å². The number of carbonyl (C=O) groups excluding carboxylic acids is 1. The number of hydrogen-bond donors (Lipinski definition) is 1. The number of carbonyl (C=O) groups is 1. The summed E-state index contributed by atoms with van der Waals surface area (Å²) in [6.07, 6.45) is -2.10. The minimum atomic E-state index is -1.36. The van der Waals surface area contributed by atoms with E-state index in [0.717, 1.165) is 6.04 Å². The molecule has 22 heavy (non-hydrogen) atoms. The number of amides is 1. The Morgan fingerprint density at radius 1 is 1.32 bits per heavy atom. The normalized spacial score (nSPS) is 26.8. The Balaban J connectivity index is 2.25. The Morgan fingerprint density at radius 3 is 2.36 bits per heavy atom. The number of nitrogens with two attached hydrogens (primary N) is 1. The third kappa shape index (κ3) is 7.04. The van der Waals surface area contributed by atoms with Crippen LogP contribution in [0.1, 0.15) is 19.3 Å². The largest absolute Gasteiger partial charge is 0.450 e. The molecule has 0 aliphatic heterocycles. The van der Waals surface area contributed by atoms with Crippen molar-refractivity contribution in [3.8, 4) is 0 Å². The molecule has 1 unspecified atom stereocenters. The van der Waals surface area contributed by atoms with Crippen molar-refractivity contribution in [3.05, 3.63) is 0 Å². The maximum absolute atomic E-state index is 13.1. The van der Waals surface area contributed by atoms with E-state index < -0.39 is 20.4 Å². The van der Waals surface area contributed by atoms with E-state index in [1.807, 2.05) is 0 Å². The topological polar surface area (TPSA) is 55.6 Å². The van der Waals surface area contributed by atoms with Crippen molar-refractivity contribution in [1.82, 2.24) is 4.90 Å². The van der Waals surface area contributed by atoms with Crippen LogP contribution < -0.4 is 5.73 Å². The SMILES string of the molecule is CN(C[C@@H](N)CC1C[C@@H](F)[C@@H](F)C1)C(=O)OCC[Si](C)(C)C. The van der Waals surface area contributed by atoms with Crippen LogP contribution in [-0.2, 0) is 4.74 Å². The first-order chi connectivity index (χ1) is 10.1. The maximum Gasteiger partial charge on any atom is 0.409 e. The number of likely N-dealkylation sites (N-methyl/N-ethyl adjacent to an activating group) is 1. The number of halogens is 2. The highest BCUT2D eigenvalue weighted by Crippen LogP contribution is 2.33. The lowest BCUT2D eigenvalue weighted by molar-refractivity contribution is 0.112. The molecule has 1 aliphatic carbocycles. The second-order valence-corrected chi connectivity index (χ2v) is 13.3. The van der Waals surface area contributed by atoms with Crippen LogP contribution in [0, 0.1) is 5.92 Å². The van der Waals surface area contributed by atoms with Crippen molar-refractivity contribution in [1.29, 1.82) is 0 Å². The van der Waals surface area contributed by atoms with Crippen LogP contribution in [0.3, 0.4) is 0 Å². The number of ether oxygens (including phenoxy) is 1. The van der Waals surface area contributed by atoms with Crippen LogP contribution in [0.25, 0.3) is 0 Å². The van der Waals surface area contributed by atoms with E-state index >= 15 is 0 Å². The van der Waals surface area contributed by atoms with Gasteiger partial charge in [-0.2, -0.15) is 0 Å². The smallest absolute Gasteiger partial charge is 0.409 e. The Labute approximate surface area is 133 Å². The molecule has 0 aromatic carbocycles. The molecule has 1 aliphatic rings. The molecule has 1 saturated carbocycles. The van der Waals surface area contributed by atoms with E-state index in [-0.39, 0.29) is 30.9 Å². The third-order valence-electron chi connectivity index (χ3n) is 4.04. The average Bonchev–Trinajstić information content (AvgIpc) is 2.65. The lowest BCUT2D eigenvalue weighted by atomic mass is 9.98. The van der Waals surface area contributed by atoms with Gasteiger partial charge in [0.25, 0.3) is 0 Å². The molecule has 0 spiro atoms. The lowest BCUT2D eigenvalue weighted by Gasteiger charge is -2.23. The predicted octanol–water partition coefficient (Wildman–Crippen LogP) is 3.20. The fraction of sp³-hybridized carbons (Fsp3) is 0.933. The zero-order valence-corrected chi connectivity index (χ0v) is 15.1. The molecule has 1 amide bonds. The summed E-state index contributed by atoms with van der Waals surface area (Å²) in [5, 5.41) is 0. The number of alkyl halides is 2. The molecule has 0 radical (unpaired) electrons. The fourth-order valence-electron chi connectivity index (χ4n) is 2.70. The average molecular weight is 336 g/mol. The van der Waals surface area contributed by atoms with Gasteiger partial charge in [0.05, 0.1) is 6.61 Å². The second-order valence-electron chi connectivity index (χ2n) is 7.67. The highest BCUT2D eigenvalue weighted by atomic mass is 28.3. The third-order valence-corrected chi connectivity index (χ3v) is 5.75. The molecule has 4 nitrogen and oxygen atoms in total. The summed E-state index contributed by atoms with van der Waals surface area (Å²) in [5.74, 6) is -0.0312. The van der Waals surface area contributed by atoms with Gasteiger partial charge in [-0.15, -0.1) is 0 Å². The monoisotopic (exact) mass is 336 g/mol. The second kappa shape index (κ2) is 8.24. The van der Waals surface area contributed by atoms with E-state index in [1.165, 1.54) is 4.90 Å². The zero-order valence-electron chi connectivity index (χ0n) is 14.1. The lowest BCUT2D eigenvalue weighted by Crippen LogP contribution is -2.40. The van der Waals surface area contributed by atoms with Gasteiger partial charge in [0.1, 0.15) is 12.3 Å². The zero-order chi connectivity index (χ0) is 16.9. The Morgan fingerprint density at radius 2 is 1.86 bits per heavy atom. The highest BCUT2D eigenvalue weighted by Gasteiger charge is 2.35. The Bertz CT molecular complexity index is 356. The number of hydrogen-bond acceptors (Lipinski definition) is 3. The number of rotatable bonds is 7. The van der Waals surface area contributed by atoms with Crippen molar-refractivity contribution < 1.29 is 18.3 Å². The molecule has 7 heteroatoms. The van der Waals surface area contributed by atoms with Gasteiger partial charge in [-0.25, -0.2) is 13.6 Å². The van der Waals surface area contributed by atoms with E-state index in [0.29, 0.717) is 19.6 Å². The summed E-state index contributed by atoms with van der Waals surface area (Å²) < 4.78 is 31.5. The first kappa shape index (κ1) is 19.4. The maximum atomic E-state index is 13.1. The van der Waals surface area contributed by atoms with Crippen molar-refractivity contribution >= 4 is 14.2 Å². The molecule has 2 N–H and O–H groups in total. The van der Waals surface area contributed by atoms with E-state index in [1.54, 1.807) is 7.05 Å². The summed E-state index contributed by atoms with van der Waals surface area (Å²) in [6.45, 7) is 7.44. The quantitative estimate of drug-likeness (QED) is 0.726. The van der Waals surface area contributed by atoms with E-state index in [9.17, 15) is 13.6 Å². The van der Waals surface area contributed by atoms with Gasteiger partial charge in [0, 0.05) is 27.7 Å². The molecule has 0 aromatic heterocycles. The van der Waals surface area contributed by atoms with Crippen LogP contribution in [0.15, 0.2) is 0 Å². The van der Waals surface area contributed by atoms with Crippen LogP contribution in [0.2, 0.25) is 25.7 Å². The molecular weight excluding hydrogens is 306 g/mol. The predicted molar refractivity (Wildman–Crippen MR) is 87.2 cm³/mol. The molecular formula is C15H30F2N2O2Si. The minimum Gasteiger partial charge on any atom is -0.450 e. The first-order valence-electron chi connectivity index (χ1n) is 8.00. The van der Waals surface area contributed by atoms with E-state index in [2.05, 4.69) is 19.6 Å². The molecule has 0 bridgehead atoms. The summed E-state index contributed by atoms with van der Waals surface area (Å²) in [6, 6.07) is 0.647. The van der Waals surface area contributed by atoms with Gasteiger partial charge < -0.3 is 15.4 Å². The van der Waals surface area contributed by atoms with Crippen molar-refractivity contribution in [3.63, 3.8) is 0 Å². The van der Waals surface area contributed by atoms with Gasteiger partial charge >= 0.3 is 6.09 Å². The molecule has 0 heterocycles.